The Morgan fingerprint density at radius 3 is 1.88 bits per heavy atom. The van der Waals surface area contributed by atoms with Crippen molar-refractivity contribution in [1.82, 2.24) is 4.90 Å². The highest BCUT2D eigenvalue weighted by Crippen LogP contribution is 2.41. The van der Waals surface area contributed by atoms with Crippen molar-refractivity contribution in [2.75, 3.05) is 26.3 Å². The minimum Gasteiger partial charge on any atom is -0.379 e. The predicted octanol–water partition coefficient (Wildman–Crippen LogP) is 5.28. The molecule has 0 aliphatic carbocycles. The molecule has 1 atom stereocenters. The molecule has 0 aromatic heterocycles. The molecule has 1 aliphatic heterocycles. The molecule has 0 bridgehead atoms. The first-order valence-corrected chi connectivity index (χ1v) is 12.0. The van der Waals surface area contributed by atoms with E-state index in [9.17, 15) is 0 Å². The van der Waals surface area contributed by atoms with Crippen molar-refractivity contribution in [1.29, 1.82) is 0 Å². The number of morpholine rings is 1. The van der Waals surface area contributed by atoms with Gasteiger partial charge in [0, 0.05) is 13.1 Å². The van der Waals surface area contributed by atoms with E-state index in [0.29, 0.717) is 16.6 Å². The summed E-state index contributed by atoms with van der Waals surface area (Å²) in [7, 11) is -1.71. The fourth-order valence-electron chi connectivity index (χ4n) is 4.48. The number of hydrogen-bond donors (Lipinski definition) is 0. The molecule has 0 spiro atoms. The number of hydrogen-bond acceptors (Lipinski definition) is 2. The van der Waals surface area contributed by atoms with Gasteiger partial charge >= 0.3 is 0 Å². The number of benzene rings is 1. The fraction of sp³-hybridized carbons (Fsp3) is 0.636. The van der Waals surface area contributed by atoms with Crippen LogP contribution in [0, 0.1) is 11.5 Å². The average molecular weight is 358 g/mol. The standard InChI is InChI=1S/C22H35NOSi/c1-18(2)25(19(3)4,20(5)6)17-12-22(21-10-8-7-9-11-21)23-13-15-24-16-14-23/h7-11,18-20,22H,13-16H2,1-6H3. The third kappa shape index (κ3) is 4.56. The van der Waals surface area contributed by atoms with Gasteiger partial charge in [0.1, 0.15) is 8.07 Å². The topological polar surface area (TPSA) is 12.5 Å². The van der Waals surface area contributed by atoms with Gasteiger partial charge in [-0.05, 0) is 22.2 Å². The molecule has 0 N–H and O–H groups in total. The second-order valence-corrected chi connectivity index (χ2v) is 13.7. The van der Waals surface area contributed by atoms with Crippen molar-refractivity contribution < 1.29 is 4.74 Å². The molecule has 1 saturated heterocycles. The zero-order valence-electron chi connectivity index (χ0n) is 16.9. The van der Waals surface area contributed by atoms with Crippen LogP contribution in [0.5, 0.6) is 0 Å². The molecule has 0 amide bonds. The lowest BCUT2D eigenvalue weighted by Crippen LogP contribution is -2.44. The Bertz CT molecular complexity index is 557. The van der Waals surface area contributed by atoms with Gasteiger partial charge in [-0.3, -0.25) is 4.90 Å². The van der Waals surface area contributed by atoms with E-state index in [1.54, 1.807) is 0 Å². The van der Waals surface area contributed by atoms with E-state index in [4.69, 9.17) is 4.74 Å². The zero-order chi connectivity index (χ0) is 18.4. The van der Waals surface area contributed by atoms with Gasteiger partial charge in [0.2, 0.25) is 0 Å². The van der Waals surface area contributed by atoms with E-state index in [1.807, 2.05) is 0 Å². The quantitative estimate of drug-likeness (QED) is 0.525. The monoisotopic (exact) mass is 357 g/mol. The third-order valence-electron chi connectivity index (χ3n) is 5.82. The van der Waals surface area contributed by atoms with E-state index in [-0.39, 0.29) is 6.04 Å². The van der Waals surface area contributed by atoms with Crippen molar-refractivity contribution in [3.8, 4) is 11.5 Å². The van der Waals surface area contributed by atoms with Gasteiger partial charge < -0.3 is 4.74 Å². The molecule has 1 unspecified atom stereocenters. The summed E-state index contributed by atoms with van der Waals surface area (Å²) in [5, 5.41) is 0. The average Bonchev–Trinajstić information content (AvgIpc) is 2.59. The Labute approximate surface area is 156 Å². The molecule has 138 valence electrons. The van der Waals surface area contributed by atoms with Crippen molar-refractivity contribution in [2.45, 2.75) is 64.2 Å². The lowest BCUT2D eigenvalue weighted by molar-refractivity contribution is 0.0270. The summed E-state index contributed by atoms with van der Waals surface area (Å²) >= 11 is 0. The first kappa shape index (κ1) is 20.2. The fourth-order valence-corrected chi connectivity index (χ4v) is 9.74. The molecule has 0 saturated carbocycles. The van der Waals surface area contributed by atoms with Crippen LogP contribution >= 0.6 is 0 Å². The summed E-state index contributed by atoms with van der Waals surface area (Å²) in [6, 6.07) is 11.0. The van der Waals surface area contributed by atoms with Gasteiger partial charge in [0.05, 0.1) is 19.3 Å². The summed E-state index contributed by atoms with van der Waals surface area (Å²) in [5.41, 5.74) is 7.25. The molecule has 25 heavy (non-hydrogen) atoms. The summed E-state index contributed by atoms with van der Waals surface area (Å²) < 4.78 is 5.56. The number of rotatable bonds is 5. The largest absolute Gasteiger partial charge is 0.379 e. The van der Waals surface area contributed by atoms with Crippen LogP contribution < -0.4 is 0 Å². The van der Waals surface area contributed by atoms with E-state index in [0.717, 1.165) is 26.3 Å². The summed E-state index contributed by atoms with van der Waals surface area (Å²) in [6.45, 7) is 17.8. The molecule has 3 heteroatoms. The normalized spacial score (nSPS) is 17.6. The predicted molar refractivity (Wildman–Crippen MR) is 110 cm³/mol. The molecule has 1 aromatic rings. The molecule has 1 heterocycles. The molecule has 0 radical (unpaired) electrons. The van der Waals surface area contributed by atoms with Gasteiger partial charge in [-0.1, -0.05) is 77.8 Å². The van der Waals surface area contributed by atoms with Crippen LogP contribution in [0.4, 0.5) is 0 Å². The van der Waals surface area contributed by atoms with Gasteiger partial charge in [-0.25, -0.2) is 0 Å². The molecular weight excluding hydrogens is 322 g/mol. The Morgan fingerprint density at radius 2 is 1.40 bits per heavy atom. The minimum absolute atomic E-state index is 0.188. The van der Waals surface area contributed by atoms with Crippen LogP contribution in [-0.2, 0) is 4.74 Å². The SMILES string of the molecule is CC(C)[Si](C#CC(c1ccccc1)N1CCOCC1)(C(C)C)C(C)C. The van der Waals surface area contributed by atoms with Crippen molar-refractivity contribution in [2.24, 2.45) is 0 Å². The van der Waals surface area contributed by atoms with Gasteiger partial charge in [0.15, 0.2) is 0 Å². The maximum Gasteiger partial charge on any atom is 0.146 e. The van der Waals surface area contributed by atoms with Crippen LogP contribution in [0.2, 0.25) is 16.6 Å². The van der Waals surface area contributed by atoms with E-state index >= 15 is 0 Å². The van der Waals surface area contributed by atoms with Crippen LogP contribution in [0.25, 0.3) is 0 Å². The lowest BCUT2D eigenvalue weighted by Gasteiger charge is -2.38. The van der Waals surface area contributed by atoms with Crippen molar-refractivity contribution in [3.63, 3.8) is 0 Å². The highest BCUT2D eigenvalue weighted by atomic mass is 28.3. The Balaban J connectivity index is 2.43. The maximum atomic E-state index is 5.56. The van der Waals surface area contributed by atoms with Gasteiger partial charge in [0.25, 0.3) is 0 Å². The second kappa shape index (κ2) is 9.03. The zero-order valence-corrected chi connectivity index (χ0v) is 17.9. The number of nitrogens with zero attached hydrogens (tertiary/aromatic N) is 1. The first-order chi connectivity index (χ1) is 11.9. The summed E-state index contributed by atoms with van der Waals surface area (Å²) in [6.07, 6.45) is 0. The van der Waals surface area contributed by atoms with Crippen molar-refractivity contribution in [3.05, 3.63) is 35.9 Å². The van der Waals surface area contributed by atoms with Gasteiger partial charge in [-0.15, -0.1) is 5.54 Å². The number of ether oxygens (including phenoxy) is 1. The molecular formula is C22H35NOSi. The van der Waals surface area contributed by atoms with Crippen LogP contribution in [-0.4, -0.2) is 39.3 Å². The van der Waals surface area contributed by atoms with Crippen LogP contribution in [0.3, 0.4) is 0 Å². The Hall–Kier alpha value is -1.08. The van der Waals surface area contributed by atoms with E-state index < -0.39 is 8.07 Å². The summed E-state index contributed by atoms with van der Waals surface area (Å²) in [4.78, 5) is 2.49. The Kier molecular flexibility index (Phi) is 7.31. The van der Waals surface area contributed by atoms with Crippen LogP contribution in [0.15, 0.2) is 30.3 Å². The molecule has 2 nitrogen and oxygen atoms in total. The lowest BCUT2D eigenvalue weighted by atomic mass is 10.1. The molecule has 2 rings (SSSR count). The smallest absolute Gasteiger partial charge is 0.146 e. The molecule has 1 aromatic carbocycles. The Morgan fingerprint density at radius 1 is 0.880 bits per heavy atom. The van der Waals surface area contributed by atoms with Crippen molar-refractivity contribution >= 4 is 8.07 Å². The summed E-state index contributed by atoms with van der Waals surface area (Å²) in [5.74, 6) is 3.77. The highest BCUT2D eigenvalue weighted by molar-refractivity contribution is 6.90. The second-order valence-electron chi connectivity index (χ2n) is 8.13. The van der Waals surface area contributed by atoms with Gasteiger partial charge in [-0.2, -0.15) is 0 Å². The van der Waals surface area contributed by atoms with Crippen LogP contribution in [0.1, 0.15) is 53.1 Å². The molecule has 1 fully saturated rings. The first-order valence-electron chi connectivity index (χ1n) is 9.79. The van der Waals surface area contributed by atoms with E-state index in [2.05, 4.69) is 88.2 Å². The third-order valence-corrected chi connectivity index (χ3v) is 12.1. The highest BCUT2D eigenvalue weighted by Gasteiger charge is 2.42. The maximum absolute atomic E-state index is 5.56. The minimum atomic E-state index is -1.71. The van der Waals surface area contributed by atoms with E-state index in [1.165, 1.54) is 5.56 Å². The molecule has 1 aliphatic rings.